The lowest BCUT2D eigenvalue weighted by Crippen LogP contribution is -2.11. The average molecular weight is 366 g/mol. The fraction of sp³-hybridized carbons (Fsp3) is 0. The predicted octanol–water partition coefficient (Wildman–Crippen LogP) is 4.31. The molecule has 0 saturated heterocycles. The summed E-state index contributed by atoms with van der Waals surface area (Å²) in [5.41, 5.74) is 7.05. The van der Waals surface area contributed by atoms with Crippen molar-refractivity contribution in [2.75, 3.05) is 5.32 Å². The van der Waals surface area contributed by atoms with Crippen molar-refractivity contribution in [1.29, 1.82) is 0 Å². The monoisotopic (exact) mass is 366 g/mol. The second-order valence-corrected chi connectivity index (χ2v) is 6.59. The van der Waals surface area contributed by atoms with E-state index in [9.17, 15) is 14.0 Å². The fourth-order valence-corrected chi connectivity index (χ4v) is 3.19. The summed E-state index contributed by atoms with van der Waals surface area (Å²) in [6, 6.07) is 16.4. The SMILES string of the molecule is NC(=O)c1ccc(NC(=O)/C=C/c2ccc(-c3ccc(F)cc3)s2)cc1. The Kier molecular flexibility index (Phi) is 5.24. The van der Waals surface area contributed by atoms with Crippen LogP contribution in [0.5, 0.6) is 0 Å². The summed E-state index contributed by atoms with van der Waals surface area (Å²) in [5, 5.41) is 2.71. The van der Waals surface area contributed by atoms with Crippen LogP contribution in [0.1, 0.15) is 15.2 Å². The minimum atomic E-state index is -0.516. The number of primary amides is 1. The van der Waals surface area contributed by atoms with E-state index in [1.54, 1.807) is 42.5 Å². The fourth-order valence-electron chi connectivity index (χ4n) is 2.27. The predicted molar refractivity (Wildman–Crippen MR) is 102 cm³/mol. The molecule has 0 aliphatic rings. The number of anilines is 1. The topological polar surface area (TPSA) is 72.2 Å². The molecule has 0 radical (unpaired) electrons. The Balaban J connectivity index is 1.63. The van der Waals surface area contributed by atoms with Crippen molar-refractivity contribution in [3.8, 4) is 10.4 Å². The molecule has 2 aromatic carbocycles. The van der Waals surface area contributed by atoms with E-state index in [4.69, 9.17) is 5.73 Å². The van der Waals surface area contributed by atoms with Gasteiger partial charge in [0.05, 0.1) is 0 Å². The van der Waals surface area contributed by atoms with Crippen LogP contribution < -0.4 is 11.1 Å². The molecule has 0 saturated carbocycles. The largest absolute Gasteiger partial charge is 0.366 e. The molecular weight excluding hydrogens is 351 g/mol. The molecule has 0 aliphatic carbocycles. The lowest BCUT2D eigenvalue weighted by Gasteiger charge is -2.02. The Morgan fingerprint density at radius 3 is 2.31 bits per heavy atom. The standard InChI is InChI=1S/C20H15FN2O2S/c21-15-5-1-13(2-6-15)18-11-9-17(26-18)10-12-19(24)23-16-7-3-14(4-8-16)20(22)25/h1-12H,(H2,22,25)(H,23,24)/b12-10+. The smallest absolute Gasteiger partial charge is 0.248 e. The van der Waals surface area contributed by atoms with Gasteiger partial charge in [-0.2, -0.15) is 0 Å². The van der Waals surface area contributed by atoms with Crippen LogP contribution >= 0.6 is 11.3 Å². The van der Waals surface area contributed by atoms with Crippen molar-refractivity contribution in [3.05, 3.63) is 83.0 Å². The van der Waals surface area contributed by atoms with Crippen molar-refractivity contribution in [2.45, 2.75) is 0 Å². The van der Waals surface area contributed by atoms with E-state index in [1.165, 1.54) is 29.5 Å². The molecule has 4 nitrogen and oxygen atoms in total. The average Bonchev–Trinajstić information content (AvgIpc) is 3.10. The molecule has 0 atom stereocenters. The number of nitrogens with one attached hydrogen (secondary N) is 1. The quantitative estimate of drug-likeness (QED) is 0.661. The van der Waals surface area contributed by atoms with Gasteiger partial charge in [0.2, 0.25) is 11.8 Å². The Bertz CT molecular complexity index is 960. The highest BCUT2D eigenvalue weighted by Crippen LogP contribution is 2.28. The van der Waals surface area contributed by atoms with Gasteiger partial charge in [-0.15, -0.1) is 11.3 Å². The molecule has 3 rings (SSSR count). The third-order valence-electron chi connectivity index (χ3n) is 3.59. The first kappa shape index (κ1) is 17.6. The van der Waals surface area contributed by atoms with Crippen LogP contribution in [0.15, 0.2) is 66.7 Å². The second-order valence-electron chi connectivity index (χ2n) is 5.47. The molecule has 26 heavy (non-hydrogen) atoms. The molecule has 0 unspecified atom stereocenters. The van der Waals surface area contributed by atoms with E-state index in [0.717, 1.165) is 15.3 Å². The number of carbonyl (C=O) groups is 2. The van der Waals surface area contributed by atoms with Crippen LogP contribution in [0.2, 0.25) is 0 Å². The molecule has 0 spiro atoms. The van der Waals surface area contributed by atoms with Crippen LogP contribution in [0.3, 0.4) is 0 Å². The number of hydrogen-bond donors (Lipinski definition) is 2. The molecule has 3 N–H and O–H groups in total. The highest BCUT2D eigenvalue weighted by molar-refractivity contribution is 7.16. The van der Waals surface area contributed by atoms with Gasteiger partial charge < -0.3 is 11.1 Å². The Labute approximate surface area is 153 Å². The number of nitrogens with two attached hydrogens (primary N) is 1. The van der Waals surface area contributed by atoms with E-state index >= 15 is 0 Å². The summed E-state index contributed by atoms with van der Waals surface area (Å²) >= 11 is 1.50. The van der Waals surface area contributed by atoms with Crippen molar-refractivity contribution < 1.29 is 14.0 Å². The molecule has 130 valence electrons. The van der Waals surface area contributed by atoms with Crippen LogP contribution in [-0.4, -0.2) is 11.8 Å². The van der Waals surface area contributed by atoms with Crippen LogP contribution in [-0.2, 0) is 4.79 Å². The molecule has 2 amide bonds. The van der Waals surface area contributed by atoms with E-state index in [0.29, 0.717) is 11.3 Å². The minimum Gasteiger partial charge on any atom is -0.366 e. The van der Waals surface area contributed by atoms with E-state index in [-0.39, 0.29) is 11.7 Å². The molecular formula is C20H15FN2O2S. The van der Waals surface area contributed by atoms with Gasteiger partial charge in [-0.05, 0) is 60.2 Å². The zero-order chi connectivity index (χ0) is 18.5. The third kappa shape index (κ3) is 4.43. The first-order valence-electron chi connectivity index (χ1n) is 7.76. The highest BCUT2D eigenvalue weighted by Gasteiger charge is 2.04. The van der Waals surface area contributed by atoms with Gasteiger partial charge in [0.15, 0.2) is 0 Å². The maximum atomic E-state index is 13.0. The number of benzene rings is 2. The van der Waals surface area contributed by atoms with Gasteiger partial charge in [-0.25, -0.2) is 4.39 Å². The lowest BCUT2D eigenvalue weighted by atomic mass is 10.2. The maximum absolute atomic E-state index is 13.0. The molecule has 6 heteroatoms. The van der Waals surface area contributed by atoms with Crippen LogP contribution in [0.4, 0.5) is 10.1 Å². The van der Waals surface area contributed by atoms with Crippen molar-refractivity contribution >= 4 is 34.9 Å². The molecule has 0 bridgehead atoms. The van der Waals surface area contributed by atoms with Gasteiger partial charge in [0.1, 0.15) is 5.82 Å². The molecule has 0 fully saturated rings. The summed E-state index contributed by atoms with van der Waals surface area (Å²) in [6.45, 7) is 0. The van der Waals surface area contributed by atoms with Crippen LogP contribution in [0, 0.1) is 5.82 Å². The van der Waals surface area contributed by atoms with Crippen molar-refractivity contribution in [1.82, 2.24) is 0 Å². The summed E-state index contributed by atoms with van der Waals surface area (Å²) in [6.07, 6.45) is 3.15. The van der Waals surface area contributed by atoms with Crippen molar-refractivity contribution in [3.63, 3.8) is 0 Å². The number of carbonyl (C=O) groups excluding carboxylic acids is 2. The zero-order valence-corrected chi connectivity index (χ0v) is 14.4. The number of hydrogen-bond acceptors (Lipinski definition) is 3. The first-order chi connectivity index (χ1) is 12.5. The van der Waals surface area contributed by atoms with Crippen LogP contribution in [0.25, 0.3) is 16.5 Å². The minimum absolute atomic E-state index is 0.272. The third-order valence-corrected chi connectivity index (χ3v) is 4.69. The first-order valence-corrected chi connectivity index (χ1v) is 8.57. The van der Waals surface area contributed by atoms with Gasteiger partial charge in [0, 0.05) is 27.1 Å². The molecule has 1 aromatic heterocycles. The van der Waals surface area contributed by atoms with E-state index in [2.05, 4.69) is 5.32 Å². The van der Waals surface area contributed by atoms with E-state index in [1.807, 2.05) is 12.1 Å². The Morgan fingerprint density at radius 1 is 0.962 bits per heavy atom. The molecule has 0 aliphatic heterocycles. The number of rotatable bonds is 5. The number of thiophene rings is 1. The summed E-state index contributed by atoms with van der Waals surface area (Å²) in [7, 11) is 0. The maximum Gasteiger partial charge on any atom is 0.248 e. The van der Waals surface area contributed by atoms with Gasteiger partial charge in [-0.3, -0.25) is 9.59 Å². The van der Waals surface area contributed by atoms with E-state index < -0.39 is 5.91 Å². The highest BCUT2D eigenvalue weighted by atomic mass is 32.1. The Hall–Kier alpha value is -3.25. The summed E-state index contributed by atoms with van der Waals surface area (Å²) in [4.78, 5) is 24.9. The van der Waals surface area contributed by atoms with Crippen molar-refractivity contribution in [2.24, 2.45) is 5.73 Å². The summed E-state index contributed by atoms with van der Waals surface area (Å²) in [5.74, 6) is -1.07. The molecule has 1 heterocycles. The number of amides is 2. The van der Waals surface area contributed by atoms with Gasteiger partial charge >= 0.3 is 0 Å². The van der Waals surface area contributed by atoms with Gasteiger partial charge in [0.25, 0.3) is 0 Å². The summed E-state index contributed by atoms with van der Waals surface area (Å²) < 4.78 is 13.0. The lowest BCUT2D eigenvalue weighted by molar-refractivity contribution is -0.111. The molecule has 3 aromatic rings. The number of halogens is 1. The van der Waals surface area contributed by atoms with Gasteiger partial charge in [-0.1, -0.05) is 12.1 Å². The Morgan fingerprint density at radius 2 is 1.65 bits per heavy atom. The normalized spacial score (nSPS) is 10.8. The zero-order valence-electron chi connectivity index (χ0n) is 13.6. The second kappa shape index (κ2) is 7.76.